The molecule has 1 aromatic heterocycles. The van der Waals surface area contributed by atoms with Gasteiger partial charge in [0.2, 0.25) is 0 Å². The largest absolute Gasteiger partial charge is 0.314 e. The molecule has 0 radical (unpaired) electrons. The number of hydrogen-bond donors (Lipinski definition) is 1. The second-order valence-corrected chi connectivity index (χ2v) is 7.14. The fourth-order valence-electron chi connectivity index (χ4n) is 3.83. The summed E-state index contributed by atoms with van der Waals surface area (Å²) in [6, 6.07) is 6.90. The van der Waals surface area contributed by atoms with Gasteiger partial charge < -0.3 is 5.32 Å². The van der Waals surface area contributed by atoms with Crippen LogP contribution in [0.4, 0.5) is 0 Å². The average Bonchev–Trinajstić information content (AvgIpc) is 2.89. The van der Waals surface area contributed by atoms with E-state index in [2.05, 4.69) is 34.7 Å². The highest BCUT2D eigenvalue weighted by Crippen LogP contribution is 2.35. The second kappa shape index (κ2) is 6.38. The number of nitrogens with one attached hydrogen (secondary N) is 1. The lowest BCUT2D eigenvalue weighted by molar-refractivity contribution is 0.0185. The van der Waals surface area contributed by atoms with Gasteiger partial charge in [0, 0.05) is 29.5 Å². The van der Waals surface area contributed by atoms with Crippen LogP contribution in [0.15, 0.2) is 17.5 Å². The van der Waals surface area contributed by atoms with Crippen LogP contribution < -0.4 is 5.32 Å². The zero-order chi connectivity index (χ0) is 13.1. The van der Waals surface area contributed by atoms with Gasteiger partial charge in [0.05, 0.1) is 0 Å². The lowest BCUT2D eigenvalue weighted by atomic mass is 9.81. The molecular weight excluding hydrogens is 252 g/mol. The van der Waals surface area contributed by atoms with Gasteiger partial charge in [-0.25, -0.2) is 0 Å². The molecule has 2 unspecified atom stereocenters. The first-order valence-electron chi connectivity index (χ1n) is 7.88. The predicted octanol–water partition coefficient (Wildman–Crippen LogP) is 3.63. The molecule has 0 saturated carbocycles. The van der Waals surface area contributed by atoms with Gasteiger partial charge in [-0.15, -0.1) is 11.3 Å². The van der Waals surface area contributed by atoms with E-state index < -0.39 is 0 Å². The summed E-state index contributed by atoms with van der Waals surface area (Å²) in [5.41, 5.74) is 0. The molecule has 2 aliphatic heterocycles. The number of rotatable bonds is 5. The normalized spacial score (nSPS) is 31.5. The SMILES string of the molecule is CCCNC1CC2CCCC(C1)N2Cc1cccs1. The van der Waals surface area contributed by atoms with Crippen LogP contribution in [0.5, 0.6) is 0 Å². The van der Waals surface area contributed by atoms with E-state index >= 15 is 0 Å². The van der Waals surface area contributed by atoms with Gasteiger partial charge in [0.1, 0.15) is 0 Å². The van der Waals surface area contributed by atoms with Gasteiger partial charge in [-0.1, -0.05) is 19.4 Å². The van der Waals surface area contributed by atoms with Crippen molar-refractivity contribution in [1.29, 1.82) is 0 Å². The van der Waals surface area contributed by atoms with Crippen molar-refractivity contribution in [2.45, 2.75) is 70.1 Å². The second-order valence-electron chi connectivity index (χ2n) is 6.11. The molecule has 3 heteroatoms. The van der Waals surface area contributed by atoms with Gasteiger partial charge in [-0.3, -0.25) is 4.90 Å². The molecule has 2 atom stereocenters. The van der Waals surface area contributed by atoms with E-state index in [4.69, 9.17) is 0 Å². The Bertz CT molecular complexity index is 362. The third-order valence-corrected chi connectivity index (χ3v) is 5.59. The zero-order valence-corrected chi connectivity index (χ0v) is 12.8. The summed E-state index contributed by atoms with van der Waals surface area (Å²) in [6.07, 6.45) is 8.24. The quantitative estimate of drug-likeness (QED) is 0.885. The standard InChI is InChI=1S/C16H26N2S/c1-2-8-17-13-10-14-5-3-6-15(11-13)18(14)12-16-7-4-9-19-16/h4,7,9,13-15,17H,2-3,5-6,8,10-12H2,1H3. The van der Waals surface area contributed by atoms with Gasteiger partial charge in [0.25, 0.3) is 0 Å². The minimum Gasteiger partial charge on any atom is -0.314 e. The van der Waals surface area contributed by atoms with Gasteiger partial charge >= 0.3 is 0 Å². The summed E-state index contributed by atoms with van der Waals surface area (Å²) in [6.45, 7) is 4.64. The number of nitrogens with zero attached hydrogens (tertiary/aromatic N) is 1. The van der Waals surface area contributed by atoms with Crippen molar-refractivity contribution in [3.63, 3.8) is 0 Å². The van der Waals surface area contributed by atoms with E-state index in [9.17, 15) is 0 Å². The molecule has 3 heterocycles. The maximum absolute atomic E-state index is 3.76. The molecule has 2 bridgehead atoms. The van der Waals surface area contributed by atoms with Crippen molar-refractivity contribution in [1.82, 2.24) is 10.2 Å². The minimum absolute atomic E-state index is 0.773. The zero-order valence-electron chi connectivity index (χ0n) is 12.0. The van der Waals surface area contributed by atoms with Crippen LogP contribution in [-0.2, 0) is 6.54 Å². The number of piperidine rings is 2. The smallest absolute Gasteiger partial charge is 0.0333 e. The fourth-order valence-corrected chi connectivity index (χ4v) is 4.55. The van der Waals surface area contributed by atoms with E-state index in [1.165, 1.54) is 56.5 Å². The van der Waals surface area contributed by atoms with Gasteiger partial charge in [-0.05, 0) is 50.1 Å². The third-order valence-electron chi connectivity index (χ3n) is 4.73. The van der Waals surface area contributed by atoms with Crippen LogP contribution in [0.1, 0.15) is 50.3 Å². The molecule has 1 aromatic rings. The van der Waals surface area contributed by atoms with E-state index in [0.29, 0.717) is 0 Å². The Labute approximate surface area is 121 Å². The number of thiophene rings is 1. The van der Waals surface area contributed by atoms with Crippen molar-refractivity contribution in [3.05, 3.63) is 22.4 Å². The minimum atomic E-state index is 0.773. The van der Waals surface area contributed by atoms with Crippen molar-refractivity contribution in [2.75, 3.05) is 6.54 Å². The Morgan fingerprint density at radius 3 is 2.74 bits per heavy atom. The highest BCUT2D eigenvalue weighted by Gasteiger charge is 2.37. The number of hydrogen-bond acceptors (Lipinski definition) is 3. The van der Waals surface area contributed by atoms with E-state index in [-0.39, 0.29) is 0 Å². The Kier molecular flexibility index (Phi) is 4.57. The molecule has 19 heavy (non-hydrogen) atoms. The first kappa shape index (κ1) is 13.6. The Morgan fingerprint density at radius 1 is 1.32 bits per heavy atom. The summed E-state index contributed by atoms with van der Waals surface area (Å²) in [7, 11) is 0. The molecule has 2 fully saturated rings. The maximum atomic E-state index is 3.76. The molecule has 0 amide bonds. The lowest BCUT2D eigenvalue weighted by Gasteiger charge is -2.49. The van der Waals surface area contributed by atoms with Crippen LogP contribution in [0.25, 0.3) is 0 Å². The van der Waals surface area contributed by atoms with Crippen LogP contribution in [0.2, 0.25) is 0 Å². The fraction of sp³-hybridized carbons (Fsp3) is 0.750. The van der Waals surface area contributed by atoms with Gasteiger partial charge in [-0.2, -0.15) is 0 Å². The van der Waals surface area contributed by atoms with Crippen molar-refractivity contribution < 1.29 is 0 Å². The molecule has 1 N–H and O–H groups in total. The van der Waals surface area contributed by atoms with Crippen LogP contribution in [0.3, 0.4) is 0 Å². The summed E-state index contributed by atoms with van der Waals surface area (Å²) in [5.74, 6) is 0. The maximum Gasteiger partial charge on any atom is 0.0333 e. The van der Waals surface area contributed by atoms with E-state index in [0.717, 1.165) is 18.1 Å². The van der Waals surface area contributed by atoms with E-state index in [1.54, 1.807) is 0 Å². The van der Waals surface area contributed by atoms with Crippen LogP contribution in [0, 0.1) is 0 Å². The Morgan fingerprint density at radius 2 is 2.11 bits per heavy atom. The van der Waals surface area contributed by atoms with Crippen molar-refractivity contribution in [2.24, 2.45) is 0 Å². The topological polar surface area (TPSA) is 15.3 Å². The highest BCUT2D eigenvalue weighted by molar-refractivity contribution is 7.09. The molecule has 2 saturated heterocycles. The third kappa shape index (κ3) is 3.21. The van der Waals surface area contributed by atoms with Crippen molar-refractivity contribution >= 4 is 11.3 Å². The Balaban J connectivity index is 1.63. The molecule has 106 valence electrons. The van der Waals surface area contributed by atoms with E-state index in [1.807, 2.05) is 11.3 Å². The molecular formula is C16H26N2S. The molecule has 0 spiro atoms. The van der Waals surface area contributed by atoms with Crippen LogP contribution in [-0.4, -0.2) is 29.6 Å². The first-order chi connectivity index (χ1) is 9.36. The molecule has 2 aliphatic rings. The summed E-state index contributed by atoms with van der Waals surface area (Å²) in [4.78, 5) is 4.34. The number of fused-ring (bicyclic) bond motifs is 2. The predicted molar refractivity (Wildman–Crippen MR) is 82.6 cm³/mol. The van der Waals surface area contributed by atoms with Crippen LogP contribution >= 0.6 is 11.3 Å². The highest BCUT2D eigenvalue weighted by atomic mass is 32.1. The lowest BCUT2D eigenvalue weighted by Crippen LogP contribution is -2.55. The summed E-state index contributed by atoms with van der Waals surface area (Å²) in [5, 5.41) is 5.96. The van der Waals surface area contributed by atoms with Gasteiger partial charge in [0.15, 0.2) is 0 Å². The molecule has 2 nitrogen and oxygen atoms in total. The summed E-state index contributed by atoms with van der Waals surface area (Å²) < 4.78 is 0. The first-order valence-corrected chi connectivity index (χ1v) is 8.76. The molecule has 3 rings (SSSR count). The average molecular weight is 278 g/mol. The Hall–Kier alpha value is -0.380. The molecule has 0 aromatic carbocycles. The molecule has 0 aliphatic carbocycles. The monoisotopic (exact) mass is 278 g/mol. The van der Waals surface area contributed by atoms with Crippen molar-refractivity contribution in [3.8, 4) is 0 Å². The summed E-state index contributed by atoms with van der Waals surface area (Å²) >= 11 is 1.91.